The summed E-state index contributed by atoms with van der Waals surface area (Å²) in [6.07, 6.45) is 3.63. The number of aryl methyl sites for hydroxylation is 2. The maximum atomic E-state index is 12.5. The van der Waals surface area contributed by atoms with E-state index in [2.05, 4.69) is 27.4 Å². The molecule has 24 heavy (non-hydrogen) atoms. The highest BCUT2D eigenvalue weighted by molar-refractivity contribution is 5.92. The average molecular weight is 324 g/mol. The van der Waals surface area contributed by atoms with Crippen LogP contribution in [0.1, 0.15) is 40.6 Å². The van der Waals surface area contributed by atoms with Gasteiger partial charge in [0, 0.05) is 43.3 Å². The fourth-order valence-electron chi connectivity index (χ4n) is 3.49. The van der Waals surface area contributed by atoms with Crippen molar-refractivity contribution in [2.45, 2.75) is 25.7 Å². The highest BCUT2D eigenvalue weighted by Crippen LogP contribution is 2.28. The maximum Gasteiger partial charge on any atom is 0.271 e. The molecule has 1 aliphatic heterocycles. The highest BCUT2D eigenvalue weighted by atomic mass is 16.2. The molecule has 1 aliphatic rings. The minimum atomic E-state index is 0.00894. The van der Waals surface area contributed by atoms with Crippen molar-refractivity contribution in [2.75, 3.05) is 13.1 Å². The minimum Gasteiger partial charge on any atom is -0.337 e. The molecule has 1 unspecified atom stereocenters. The Balaban J connectivity index is 1.60. The number of aromatic nitrogens is 5. The molecule has 1 saturated heterocycles. The van der Waals surface area contributed by atoms with Gasteiger partial charge in [-0.1, -0.05) is 0 Å². The summed E-state index contributed by atoms with van der Waals surface area (Å²) in [6.45, 7) is 3.46. The molecule has 0 saturated carbocycles. The van der Waals surface area contributed by atoms with Gasteiger partial charge >= 0.3 is 0 Å². The van der Waals surface area contributed by atoms with Crippen molar-refractivity contribution < 1.29 is 4.79 Å². The molecule has 0 spiro atoms. The van der Waals surface area contributed by atoms with Gasteiger partial charge in [0.2, 0.25) is 0 Å². The lowest BCUT2D eigenvalue weighted by Crippen LogP contribution is -2.39. The van der Waals surface area contributed by atoms with Gasteiger partial charge in [0.1, 0.15) is 5.69 Å². The molecule has 0 aliphatic carbocycles. The van der Waals surface area contributed by atoms with Gasteiger partial charge in [-0.15, -0.1) is 0 Å². The predicted molar refractivity (Wildman–Crippen MR) is 89.7 cm³/mol. The predicted octanol–water partition coefficient (Wildman–Crippen LogP) is 2.02. The monoisotopic (exact) mass is 324 g/mol. The van der Waals surface area contributed by atoms with Crippen molar-refractivity contribution in [3.8, 4) is 0 Å². The molecule has 0 radical (unpaired) electrons. The molecule has 3 aromatic rings. The van der Waals surface area contributed by atoms with Crippen LogP contribution in [0, 0.1) is 6.92 Å². The molecule has 0 bridgehead atoms. The van der Waals surface area contributed by atoms with Gasteiger partial charge in [-0.05, 0) is 38.0 Å². The largest absolute Gasteiger partial charge is 0.337 e. The van der Waals surface area contributed by atoms with Crippen molar-refractivity contribution in [2.24, 2.45) is 7.05 Å². The van der Waals surface area contributed by atoms with E-state index in [0.717, 1.165) is 41.8 Å². The summed E-state index contributed by atoms with van der Waals surface area (Å²) < 4.78 is 1.82. The third kappa shape index (κ3) is 2.46. The Morgan fingerprint density at radius 1 is 1.33 bits per heavy atom. The number of pyridine rings is 1. The molecule has 124 valence electrons. The van der Waals surface area contributed by atoms with Gasteiger partial charge in [0.25, 0.3) is 5.91 Å². The first kappa shape index (κ1) is 14.9. The van der Waals surface area contributed by atoms with Crippen molar-refractivity contribution in [1.29, 1.82) is 0 Å². The third-order valence-corrected chi connectivity index (χ3v) is 4.75. The zero-order valence-electron chi connectivity index (χ0n) is 13.9. The lowest BCUT2D eigenvalue weighted by molar-refractivity contribution is 0.0700. The Hall–Kier alpha value is -2.70. The van der Waals surface area contributed by atoms with E-state index in [1.165, 1.54) is 0 Å². The van der Waals surface area contributed by atoms with Crippen molar-refractivity contribution in [1.82, 2.24) is 29.9 Å². The quantitative estimate of drug-likeness (QED) is 0.782. The van der Waals surface area contributed by atoms with E-state index in [1.807, 2.05) is 23.6 Å². The van der Waals surface area contributed by atoms with E-state index in [4.69, 9.17) is 4.98 Å². The maximum absolute atomic E-state index is 12.5. The van der Waals surface area contributed by atoms with Crippen molar-refractivity contribution in [3.63, 3.8) is 0 Å². The number of hydrogen-bond donors (Lipinski definition) is 1. The molecule has 0 aromatic carbocycles. The van der Waals surface area contributed by atoms with Crippen LogP contribution >= 0.6 is 0 Å². The van der Waals surface area contributed by atoms with E-state index >= 15 is 0 Å². The molecule has 1 N–H and O–H groups in total. The number of hydrogen-bond acceptors (Lipinski definition) is 4. The second kappa shape index (κ2) is 5.74. The average Bonchev–Trinajstić information content (AvgIpc) is 3.23. The Bertz CT molecular complexity index is 882. The molecular weight excluding hydrogens is 304 g/mol. The van der Waals surface area contributed by atoms with E-state index in [-0.39, 0.29) is 11.8 Å². The molecule has 4 rings (SSSR count). The van der Waals surface area contributed by atoms with Gasteiger partial charge in [-0.3, -0.25) is 14.6 Å². The smallest absolute Gasteiger partial charge is 0.271 e. The van der Waals surface area contributed by atoms with Crippen LogP contribution in [0.15, 0.2) is 24.4 Å². The summed E-state index contributed by atoms with van der Waals surface area (Å²) >= 11 is 0. The number of carbonyl (C=O) groups is 1. The summed E-state index contributed by atoms with van der Waals surface area (Å²) in [5.41, 5.74) is 3.47. The van der Waals surface area contributed by atoms with Gasteiger partial charge < -0.3 is 4.90 Å². The van der Waals surface area contributed by atoms with Crippen LogP contribution < -0.4 is 0 Å². The standard InChI is InChI=1S/C17H20N6O/c1-11-13-5-6-14(19-16(13)22(2)21-11)12-4-3-9-23(10-12)17(24)15-7-8-18-20-15/h5-8,12H,3-4,9-10H2,1-2H3,(H,18,20). The van der Waals surface area contributed by atoms with E-state index < -0.39 is 0 Å². The number of carbonyl (C=O) groups excluding carboxylic acids is 1. The number of piperidine rings is 1. The highest BCUT2D eigenvalue weighted by Gasteiger charge is 2.27. The summed E-state index contributed by atoms with van der Waals surface area (Å²) in [5.74, 6) is 0.264. The second-order valence-electron chi connectivity index (χ2n) is 6.38. The van der Waals surface area contributed by atoms with Gasteiger partial charge in [0.05, 0.1) is 5.69 Å². The first-order chi connectivity index (χ1) is 11.6. The molecule has 1 fully saturated rings. The Labute approximate surface area is 139 Å². The van der Waals surface area contributed by atoms with Gasteiger partial charge in [0.15, 0.2) is 5.65 Å². The Kier molecular flexibility index (Phi) is 3.55. The lowest BCUT2D eigenvalue weighted by Gasteiger charge is -2.32. The Morgan fingerprint density at radius 3 is 3.00 bits per heavy atom. The summed E-state index contributed by atoms with van der Waals surface area (Å²) in [6, 6.07) is 5.89. The number of nitrogens with zero attached hydrogens (tertiary/aromatic N) is 5. The van der Waals surface area contributed by atoms with Crippen LogP contribution in [0.2, 0.25) is 0 Å². The number of amides is 1. The third-order valence-electron chi connectivity index (χ3n) is 4.75. The van der Waals surface area contributed by atoms with Crippen LogP contribution in [-0.4, -0.2) is 48.9 Å². The zero-order valence-corrected chi connectivity index (χ0v) is 13.9. The SMILES string of the molecule is Cc1nn(C)c2nc(C3CCCN(C(=O)c4ccn[nH]4)C3)ccc12. The normalized spacial score (nSPS) is 18.2. The summed E-state index contributed by atoms with van der Waals surface area (Å²) in [5, 5.41) is 12.1. The molecule has 1 atom stereocenters. The lowest BCUT2D eigenvalue weighted by atomic mass is 9.94. The molecule has 7 heteroatoms. The van der Waals surface area contributed by atoms with Crippen molar-refractivity contribution in [3.05, 3.63) is 41.5 Å². The van der Waals surface area contributed by atoms with E-state index in [1.54, 1.807) is 12.3 Å². The number of H-pyrrole nitrogens is 1. The molecule has 3 aromatic heterocycles. The number of nitrogens with one attached hydrogen (secondary N) is 1. The summed E-state index contributed by atoms with van der Waals surface area (Å²) in [7, 11) is 1.92. The fourth-order valence-corrected chi connectivity index (χ4v) is 3.49. The van der Waals surface area contributed by atoms with Gasteiger partial charge in [-0.25, -0.2) is 4.98 Å². The van der Waals surface area contributed by atoms with Gasteiger partial charge in [-0.2, -0.15) is 10.2 Å². The molecule has 4 heterocycles. The topological polar surface area (TPSA) is 79.7 Å². The minimum absolute atomic E-state index is 0.00894. The van der Waals surface area contributed by atoms with Crippen molar-refractivity contribution >= 4 is 16.9 Å². The van der Waals surface area contributed by atoms with Crippen LogP contribution in [0.3, 0.4) is 0 Å². The van der Waals surface area contributed by atoms with Crippen LogP contribution in [0.5, 0.6) is 0 Å². The number of aromatic amines is 1. The van der Waals surface area contributed by atoms with Crippen LogP contribution in [-0.2, 0) is 7.05 Å². The molecule has 7 nitrogen and oxygen atoms in total. The first-order valence-electron chi connectivity index (χ1n) is 8.22. The number of rotatable bonds is 2. The van der Waals surface area contributed by atoms with Crippen LogP contribution in [0.4, 0.5) is 0 Å². The second-order valence-corrected chi connectivity index (χ2v) is 6.38. The van der Waals surface area contributed by atoms with E-state index in [0.29, 0.717) is 12.2 Å². The summed E-state index contributed by atoms with van der Waals surface area (Å²) in [4.78, 5) is 19.2. The zero-order chi connectivity index (χ0) is 16.7. The molecular formula is C17H20N6O. The fraction of sp³-hybridized carbons (Fsp3) is 0.412. The number of fused-ring (bicyclic) bond motifs is 1. The molecule has 1 amide bonds. The first-order valence-corrected chi connectivity index (χ1v) is 8.22. The number of likely N-dealkylation sites (tertiary alicyclic amines) is 1. The van der Waals surface area contributed by atoms with E-state index in [9.17, 15) is 4.79 Å². The Morgan fingerprint density at radius 2 is 2.21 bits per heavy atom. The van der Waals surface area contributed by atoms with Crippen LogP contribution in [0.25, 0.3) is 11.0 Å².